The highest BCUT2D eigenvalue weighted by Gasteiger charge is 2.30. The topological polar surface area (TPSA) is 81.3 Å². The number of likely N-dealkylation sites (N-methyl/N-ethyl adjacent to an activating group) is 1. The molecule has 2 unspecified atom stereocenters. The van der Waals surface area contributed by atoms with Gasteiger partial charge in [0.15, 0.2) is 17.0 Å². The van der Waals surface area contributed by atoms with Gasteiger partial charge in [0.05, 0.1) is 26.6 Å². The minimum atomic E-state index is -0.171. The second-order valence-electron chi connectivity index (χ2n) is 9.06. The van der Waals surface area contributed by atoms with E-state index in [2.05, 4.69) is 43.9 Å². The van der Waals surface area contributed by atoms with Gasteiger partial charge in [0.2, 0.25) is 0 Å². The van der Waals surface area contributed by atoms with Crippen LogP contribution in [0.5, 0.6) is 11.5 Å². The quantitative estimate of drug-likeness (QED) is 0.545. The number of methoxy groups -OCH3 is 2. The first-order valence-electron chi connectivity index (χ1n) is 11.8. The van der Waals surface area contributed by atoms with E-state index in [4.69, 9.17) is 9.47 Å². The first-order valence-corrected chi connectivity index (χ1v) is 12.7. The average molecular weight is 509 g/mol. The summed E-state index contributed by atoms with van der Waals surface area (Å²) in [6, 6.07) is 10.3. The third-order valence-electron chi connectivity index (χ3n) is 6.65. The first-order chi connectivity index (χ1) is 17.4. The maximum atomic E-state index is 12.8. The minimum absolute atomic E-state index is 0.0636. The van der Waals surface area contributed by atoms with Crippen LogP contribution in [-0.2, 0) is 4.79 Å². The van der Waals surface area contributed by atoms with Crippen molar-refractivity contribution in [2.45, 2.75) is 16.6 Å². The summed E-state index contributed by atoms with van der Waals surface area (Å²) in [6.07, 6.45) is 5.62. The number of carbonyl (C=O) groups excluding carboxylic acids is 1. The van der Waals surface area contributed by atoms with Crippen LogP contribution in [0.15, 0.2) is 59.2 Å². The number of benzene rings is 2. The molecule has 0 aromatic heterocycles. The van der Waals surface area contributed by atoms with Crippen LogP contribution in [-0.4, -0.2) is 64.9 Å². The van der Waals surface area contributed by atoms with E-state index in [1.165, 1.54) is 0 Å². The Kier molecular flexibility index (Phi) is 6.63. The fourth-order valence-electron chi connectivity index (χ4n) is 4.55. The molecule has 2 aromatic carbocycles. The number of fused-ring (bicyclic) bond motifs is 2. The van der Waals surface area contributed by atoms with E-state index in [0.717, 1.165) is 34.1 Å². The summed E-state index contributed by atoms with van der Waals surface area (Å²) >= 11 is 1.64. The van der Waals surface area contributed by atoms with Crippen molar-refractivity contribution >= 4 is 34.7 Å². The summed E-state index contributed by atoms with van der Waals surface area (Å²) < 4.78 is 11.1. The summed E-state index contributed by atoms with van der Waals surface area (Å²) in [5.41, 5.74) is 4.77. The molecule has 190 valence electrons. The van der Waals surface area contributed by atoms with Crippen molar-refractivity contribution in [2.24, 2.45) is 0 Å². The summed E-state index contributed by atoms with van der Waals surface area (Å²) in [4.78, 5) is 20.2. The van der Waals surface area contributed by atoms with Crippen LogP contribution >= 0.6 is 11.8 Å². The lowest BCUT2D eigenvalue weighted by Crippen LogP contribution is -2.42. The largest absolute Gasteiger partial charge is 0.493 e. The molecule has 3 heterocycles. The standard InChI is InChI=1S/C26H32N6O3S/c1-30-10-8-16(9-11-30)25(33)29-26-32(3)19-7-6-17(12-23(19)36-26)28-24-18-13-21(34-4)22(35-5)14-20(18)31(2)15-27-24/h6-10,12-14,24,26-28H,11,15H2,1-5H3,(H,29,33). The molecule has 3 aliphatic heterocycles. The third-order valence-corrected chi connectivity index (χ3v) is 7.89. The van der Waals surface area contributed by atoms with E-state index in [9.17, 15) is 4.79 Å². The van der Waals surface area contributed by atoms with Crippen molar-refractivity contribution in [2.75, 3.05) is 63.7 Å². The van der Waals surface area contributed by atoms with Gasteiger partial charge in [-0.15, -0.1) is 0 Å². The number of ether oxygens (including phenoxy) is 2. The zero-order valence-corrected chi connectivity index (χ0v) is 22.0. The van der Waals surface area contributed by atoms with Crippen LogP contribution < -0.4 is 35.2 Å². The Bertz CT molecular complexity index is 1230. The fraction of sp³-hybridized carbons (Fsp3) is 0.346. The summed E-state index contributed by atoms with van der Waals surface area (Å²) in [7, 11) is 9.33. The summed E-state index contributed by atoms with van der Waals surface area (Å²) in [5, 5.41) is 10.3. The SMILES string of the molecule is COc1cc2c(cc1OC)N(C)CNC2Nc1ccc2c(c1)SC(NC(=O)C1=CCN(C)C=C1)N2C. The van der Waals surface area contributed by atoms with Crippen LogP contribution in [0.1, 0.15) is 11.7 Å². The van der Waals surface area contributed by atoms with Crippen molar-refractivity contribution in [3.63, 3.8) is 0 Å². The highest BCUT2D eigenvalue weighted by Crippen LogP contribution is 2.44. The van der Waals surface area contributed by atoms with Gasteiger partial charge in [-0.25, -0.2) is 0 Å². The highest BCUT2D eigenvalue weighted by molar-refractivity contribution is 8.00. The number of carbonyl (C=O) groups is 1. The van der Waals surface area contributed by atoms with E-state index >= 15 is 0 Å². The molecule has 0 saturated heterocycles. The maximum absolute atomic E-state index is 12.8. The molecule has 0 bridgehead atoms. The number of thioether (sulfide) groups is 1. The van der Waals surface area contributed by atoms with Crippen LogP contribution in [0.2, 0.25) is 0 Å². The average Bonchev–Trinajstić information content (AvgIpc) is 3.19. The molecule has 2 atom stereocenters. The van der Waals surface area contributed by atoms with E-state index in [1.54, 1.807) is 26.0 Å². The van der Waals surface area contributed by atoms with Crippen LogP contribution in [0.25, 0.3) is 0 Å². The normalized spacial score (nSPS) is 20.5. The lowest BCUT2D eigenvalue weighted by atomic mass is 10.1. The second-order valence-corrected chi connectivity index (χ2v) is 10.2. The number of nitrogens with zero attached hydrogens (tertiary/aromatic N) is 3. The zero-order valence-electron chi connectivity index (χ0n) is 21.2. The lowest BCUT2D eigenvalue weighted by molar-refractivity contribution is -0.117. The Hall–Kier alpha value is -3.50. The molecule has 1 amide bonds. The molecule has 2 aromatic rings. The van der Waals surface area contributed by atoms with Gasteiger partial charge in [0, 0.05) is 61.2 Å². The Morgan fingerprint density at radius 1 is 1.08 bits per heavy atom. The molecule has 0 spiro atoms. The minimum Gasteiger partial charge on any atom is -0.493 e. The number of nitrogens with one attached hydrogen (secondary N) is 3. The second kappa shape index (κ2) is 9.87. The number of rotatable bonds is 6. The Balaban J connectivity index is 1.32. The Labute approximate surface area is 216 Å². The van der Waals surface area contributed by atoms with Gasteiger partial charge in [-0.1, -0.05) is 17.8 Å². The van der Waals surface area contributed by atoms with E-state index in [-0.39, 0.29) is 17.6 Å². The fourth-order valence-corrected chi connectivity index (χ4v) is 5.75. The summed E-state index contributed by atoms with van der Waals surface area (Å²) in [6.45, 7) is 1.42. The molecule has 0 aliphatic carbocycles. The molecular weight excluding hydrogens is 476 g/mol. The summed E-state index contributed by atoms with van der Waals surface area (Å²) in [5.74, 6) is 1.34. The number of hydrogen-bond acceptors (Lipinski definition) is 9. The van der Waals surface area contributed by atoms with Gasteiger partial charge in [-0.3, -0.25) is 10.1 Å². The van der Waals surface area contributed by atoms with Gasteiger partial charge in [0.1, 0.15) is 6.17 Å². The smallest absolute Gasteiger partial charge is 0.253 e. The first kappa shape index (κ1) is 24.2. The highest BCUT2D eigenvalue weighted by atomic mass is 32.2. The van der Waals surface area contributed by atoms with Crippen LogP contribution in [0, 0.1) is 0 Å². The number of amides is 1. The Morgan fingerprint density at radius 3 is 2.58 bits per heavy atom. The zero-order chi connectivity index (χ0) is 25.4. The molecule has 0 fully saturated rings. The molecule has 0 radical (unpaired) electrons. The molecule has 5 rings (SSSR count). The molecule has 10 heteroatoms. The lowest BCUT2D eigenvalue weighted by Gasteiger charge is -2.35. The molecule has 3 aliphatic rings. The van der Waals surface area contributed by atoms with E-state index < -0.39 is 0 Å². The van der Waals surface area contributed by atoms with E-state index in [1.807, 2.05) is 56.5 Å². The van der Waals surface area contributed by atoms with Crippen molar-refractivity contribution in [3.05, 3.63) is 59.8 Å². The van der Waals surface area contributed by atoms with Crippen molar-refractivity contribution in [3.8, 4) is 11.5 Å². The van der Waals surface area contributed by atoms with Crippen LogP contribution in [0.3, 0.4) is 0 Å². The van der Waals surface area contributed by atoms with Gasteiger partial charge < -0.3 is 34.8 Å². The monoisotopic (exact) mass is 508 g/mol. The molecule has 9 nitrogen and oxygen atoms in total. The predicted molar refractivity (Wildman–Crippen MR) is 145 cm³/mol. The van der Waals surface area contributed by atoms with Gasteiger partial charge in [-0.05, 0) is 36.5 Å². The van der Waals surface area contributed by atoms with Crippen molar-refractivity contribution in [1.82, 2.24) is 15.5 Å². The van der Waals surface area contributed by atoms with E-state index in [0.29, 0.717) is 23.7 Å². The molecular formula is C26H32N6O3S. The van der Waals surface area contributed by atoms with Crippen LogP contribution in [0.4, 0.5) is 17.1 Å². The maximum Gasteiger partial charge on any atom is 0.253 e. The van der Waals surface area contributed by atoms with Gasteiger partial charge in [0.25, 0.3) is 5.91 Å². The number of anilines is 3. The molecule has 3 N–H and O–H groups in total. The molecule has 36 heavy (non-hydrogen) atoms. The molecule has 0 saturated carbocycles. The third kappa shape index (κ3) is 4.54. The van der Waals surface area contributed by atoms with Gasteiger partial charge in [-0.2, -0.15) is 0 Å². The van der Waals surface area contributed by atoms with Crippen molar-refractivity contribution in [1.29, 1.82) is 0 Å². The van der Waals surface area contributed by atoms with Crippen molar-refractivity contribution < 1.29 is 14.3 Å². The van der Waals surface area contributed by atoms with Gasteiger partial charge >= 0.3 is 0 Å². The predicted octanol–water partition coefficient (Wildman–Crippen LogP) is 3.14. The number of hydrogen-bond donors (Lipinski definition) is 3. The Morgan fingerprint density at radius 2 is 1.86 bits per heavy atom.